The summed E-state index contributed by atoms with van der Waals surface area (Å²) in [6, 6.07) is -0.124. The molecule has 0 aliphatic rings. The van der Waals surface area contributed by atoms with Gasteiger partial charge in [0.05, 0.1) is 0 Å². The van der Waals surface area contributed by atoms with Gasteiger partial charge in [-0.15, -0.1) is 0 Å². The molecule has 0 aromatic heterocycles. The van der Waals surface area contributed by atoms with Gasteiger partial charge in [-0.2, -0.15) is 0 Å². The van der Waals surface area contributed by atoms with Gasteiger partial charge in [0.1, 0.15) is 0 Å². The molecule has 0 saturated carbocycles. The summed E-state index contributed by atoms with van der Waals surface area (Å²) in [5.41, 5.74) is 0. The molecule has 0 aromatic rings. The van der Waals surface area contributed by atoms with Crippen molar-refractivity contribution in [2.75, 3.05) is 26.2 Å². The van der Waals surface area contributed by atoms with Gasteiger partial charge in [-0.25, -0.2) is 4.79 Å². The van der Waals surface area contributed by atoms with E-state index in [9.17, 15) is 9.59 Å². The van der Waals surface area contributed by atoms with Gasteiger partial charge in [-0.05, 0) is 32.1 Å². The summed E-state index contributed by atoms with van der Waals surface area (Å²) in [6.07, 6.45) is 2.16. The van der Waals surface area contributed by atoms with E-state index in [4.69, 9.17) is 10.2 Å². The van der Waals surface area contributed by atoms with Gasteiger partial charge in [0, 0.05) is 32.7 Å². The highest BCUT2D eigenvalue weighted by Crippen LogP contribution is 2.09. The molecule has 0 aliphatic carbocycles. The summed E-state index contributed by atoms with van der Waals surface area (Å²) in [5, 5.41) is 20.1. The fourth-order valence-corrected chi connectivity index (χ4v) is 1.72. The molecule has 0 radical (unpaired) electrons. The second-order valence-corrected chi connectivity index (χ2v) is 4.72. The van der Waals surface area contributed by atoms with Gasteiger partial charge in [0.15, 0.2) is 0 Å². The largest absolute Gasteiger partial charge is 0.481 e. The van der Waals surface area contributed by atoms with Gasteiger partial charge in [-0.1, -0.05) is 6.92 Å². The lowest BCUT2D eigenvalue weighted by Crippen LogP contribution is -2.41. The van der Waals surface area contributed by atoms with Crippen LogP contribution in [0, 0.1) is 5.92 Å². The zero-order valence-electron chi connectivity index (χ0n) is 11.9. The molecule has 0 saturated heterocycles. The number of urea groups is 1. The number of hydrogen-bond acceptors (Lipinski definition) is 3. The van der Waals surface area contributed by atoms with Crippen molar-refractivity contribution < 1.29 is 19.8 Å². The van der Waals surface area contributed by atoms with Crippen LogP contribution in [0.1, 0.15) is 39.5 Å². The maximum atomic E-state index is 11.8. The van der Waals surface area contributed by atoms with E-state index < -0.39 is 5.97 Å². The van der Waals surface area contributed by atoms with E-state index in [1.165, 1.54) is 0 Å². The monoisotopic (exact) mass is 274 g/mol. The average molecular weight is 274 g/mol. The van der Waals surface area contributed by atoms with Crippen molar-refractivity contribution in [2.24, 2.45) is 5.92 Å². The highest BCUT2D eigenvalue weighted by Gasteiger charge is 2.11. The molecule has 3 N–H and O–H groups in total. The predicted octanol–water partition coefficient (Wildman–Crippen LogP) is 1.29. The first-order valence-corrected chi connectivity index (χ1v) is 6.86. The van der Waals surface area contributed by atoms with Crippen LogP contribution in [-0.4, -0.2) is 53.4 Å². The van der Waals surface area contributed by atoms with Crippen LogP contribution in [0.15, 0.2) is 0 Å². The van der Waals surface area contributed by atoms with Crippen LogP contribution in [0.2, 0.25) is 0 Å². The molecule has 0 heterocycles. The lowest BCUT2D eigenvalue weighted by Gasteiger charge is -2.21. The minimum Gasteiger partial charge on any atom is -0.481 e. The summed E-state index contributed by atoms with van der Waals surface area (Å²) in [6.45, 7) is 5.67. The Hall–Kier alpha value is -1.30. The second-order valence-electron chi connectivity index (χ2n) is 4.72. The zero-order chi connectivity index (χ0) is 14.7. The zero-order valence-corrected chi connectivity index (χ0v) is 11.9. The highest BCUT2D eigenvalue weighted by atomic mass is 16.4. The van der Waals surface area contributed by atoms with E-state index in [2.05, 4.69) is 5.32 Å². The summed E-state index contributed by atoms with van der Waals surface area (Å²) in [5.74, 6) is -0.499. The molecule has 1 atom stereocenters. The smallest absolute Gasteiger partial charge is 0.317 e. The molecule has 0 aliphatic heterocycles. The first kappa shape index (κ1) is 17.7. The molecular weight excluding hydrogens is 248 g/mol. The quantitative estimate of drug-likeness (QED) is 0.560. The molecule has 0 fully saturated rings. The fraction of sp³-hybridized carbons (Fsp3) is 0.846. The summed E-state index contributed by atoms with van der Waals surface area (Å²) < 4.78 is 0. The van der Waals surface area contributed by atoms with E-state index in [1.54, 1.807) is 4.90 Å². The predicted molar refractivity (Wildman–Crippen MR) is 73.0 cm³/mol. The molecule has 6 nitrogen and oxygen atoms in total. The van der Waals surface area contributed by atoms with E-state index >= 15 is 0 Å². The topological polar surface area (TPSA) is 89.9 Å². The van der Waals surface area contributed by atoms with Gasteiger partial charge >= 0.3 is 12.0 Å². The number of hydrogen-bond donors (Lipinski definition) is 3. The van der Waals surface area contributed by atoms with Crippen molar-refractivity contribution in [1.29, 1.82) is 0 Å². The van der Waals surface area contributed by atoms with Crippen LogP contribution in [0.25, 0.3) is 0 Å². The standard InChI is InChI=1S/C13H26N2O4/c1-3-15(9-4-10-16)13(19)14-8-7-11(2)5-6-12(17)18/h11,16H,3-10H2,1-2H3,(H,14,19)(H,17,18). The maximum Gasteiger partial charge on any atom is 0.317 e. The highest BCUT2D eigenvalue weighted by molar-refractivity contribution is 5.74. The van der Waals surface area contributed by atoms with Crippen LogP contribution >= 0.6 is 0 Å². The van der Waals surface area contributed by atoms with Crippen LogP contribution in [-0.2, 0) is 4.79 Å². The number of nitrogens with zero attached hydrogens (tertiary/aromatic N) is 1. The van der Waals surface area contributed by atoms with Gasteiger partial charge in [-0.3, -0.25) is 4.79 Å². The van der Waals surface area contributed by atoms with E-state index in [-0.39, 0.29) is 25.0 Å². The van der Waals surface area contributed by atoms with Crippen LogP contribution in [0.4, 0.5) is 4.79 Å². The molecule has 0 rings (SSSR count). The van der Waals surface area contributed by atoms with Crippen LogP contribution in [0.5, 0.6) is 0 Å². The number of aliphatic hydroxyl groups excluding tert-OH is 1. The third-order valence-electron chi connectivity index (χ3n) is 3.02. The Balaban J connectivity index is 3.79. The summed E-state index contributed by atoms with van der Waals surface area (Å²) in [4.78, 5) is 23.8. The van der Waals surface area contributed by atoms with E-state index in [0.29, 0.717) is 32.5 Å². The number of aliphatic carboxylic acids is 1. The Morgan fingerprint density at radius 1 is 1.32 bits per heavy atom. The number of aliphatic hydroxyl groups is 1. The number of carbonyl (C=O) groups excluding carboxylic acids is 1. The first-order valence-electron chi connectivity index (χ1n) is 6.86. The number of nitrogens with one attached hydrogen (secondary N) is 1. The van der Waals surface area contributed by atoms with E-state index in [0.717, 1.165) is 6.42 Å². The van der Waals surface area contributed by atoms with Gasteiger partial charge in [0.25, 0.3) is 0 Å². The van der Waals surface area contributed by atoms with Gasteiger partial charge < -0.3 is 20.4 Å². The lowest BCUT2D eigenvalue weighted by molar-refractivity contribution is -0.137. The SMILES string of the molecule is CCN(CCCO)C(=O)NCCC(C)CCC(=O)O. The van der Waals surface area contributed by atoms with Crippen LogP contribution in [0.3, 0.4) is 0 Å². The lowest BCUT2D eigenvalue weighted by atomic mass is 10.0. The minimum atomic E-state index is -0.781. The third kappa shape index (κ3) is 9.30. The average Bonchev–Trinajstić information content (AvgIpc) is 2.37. The first-order chi connectivity index (χ1) is 9.01. The Bertz CT molecular complexity index is 271. The van der Waals surface area contributed by atoms with Crippen molar-refractivity contribution in [3.63, 3.8) is 0 Å². The Morgan fingerprint density at radius 3 is 2.53 bits per heavy atom. The van der Waals surface area contributed by atoms with Crippen molar-refractivity contribution in [2.45, 2.75) is 39.5 Å². The molecule has 1 unspecified atom stereocenters. The molecule has 0 aromatic carbocycles. The molecule has 0 bridgehead atoms. The van der Waals surface area contributed by atoms with Crippen molar-refractivity contribution in [3.05, 3.63) is 0 Å². The molecule has 0 spiro atoms. The van der Waals surface area contributed by atoms with Crippen molar-refractivity contribution in [3.8, 4) is 0 Å². The Kier molecular flexibility index (Phi) is 9.88. The molecular formula is C13H26N2O4. The Morgan fingerprint density at radius 2 is 2.00 bits per heavy atom. The number of carboxylic acids is 1. The summed E-state index contributed by atoms with van der Waals surface area (Å²) >= 11 is 0. The molecule has 112 valence electrons. The second kappa shape index (κ2) is 10.6. The molecule has 19 heavy (non-hydrogen) atoms. The minimum absolute atomic E-state index is 0.0794. The normalized spacial score (nSPS) is 11.9. The number of amides is 2. The van der Waals surface area contributed by atoms with Crippen LogP contribution < -0.4 is 5.32 Å². The maximum absolute atomic E-state index is 11.8. The summed E-state index contributed by atoms with van der Waals surface area (Å²) in [7, 11) is 0. The third-order valence-corrected chi connectivity index (χ3v) is 3.02. The number of carbonyl (C=O) groups is 2. The molecule has 6 heteroatoms. The Labute approximate surface area is 114 Å². The van der Waals surface area contributed by atoms with Crippen molar-refractivity contribution >= 4 is 12.0 Å². The van der Waals surface area contributed by atoms with Gasteiger partial charge in [0.2, 0.25) is 0 Å². The number of carboxylic acid groups (broad SMARTS) is 1. The van der Waals surface area contributed by atoms with Crippen molar-refractivity contribution in [1.82, 2.24) is 10.2 Å². The fourth-order valence-electron chi connectivity index (χ4n) is 1.72. The molecule has 2 amide bonds. The number of rotatable bonds is 10. The van der Waals surface area contributed by atoms with E-state index in [1.807, 2.05) is 13.8 Å².